The fourth-order valence-electron chi connectivity index (χ4n) is 2.18. The van der Waals surface area contributed by atoms with E-state index in [1.807, 2.05) is 23.7 Å². The van der Waals surface area contributed by atoms with Crippen LogP contribution in [0.3, 0.4) is 0 Å². The van der Waals surface area contributed by atoms with Crippen LogP contribution >= 0.6 is 0 Å². The summed E-state index contributed by atoms with van der Waals surface area (Å²) in [6, 6.07) is 14.7. The molecule has 0 saturated heterocycles. The van der Waals surface area contributed by atoms with Crippen LogP contribution in [0.2, 0.25) is 0 Å². The number of aryl methyl sites for hydroxylation is 1. The predicted octanol–water partition coefficient (Wildman–Crippen LogP) is 3.53. The minimum atomic E-state index is -0.208. The second-order valence-corrected chi connectivity index (χ2v) is 4.39. The summed E-state index contributed by atoms with van der Waals surface area (Å²) in [5.74, 6) is -0.208. The summed E-state index contributed by atoms with van der Waals surface area (Å²) in [5.41, 5.74) is 3.18. The van der Waals surface area contributed by atoms with Gasteiger partial charge in [0.05, 0.1) is 17.8 Å². The van der Waals surface area contributed by atoms with E-state index < -0.39 is 0 Å². The highest BCUT2D eigenvalue weighted by Crippen LogP contribution is 2.18. The lowest BCUT2D eigenvalue weighted by Gasteiger charge is -2.03. The van der Waals surface area contributed by atoms with Crippen molar-refractivity contribution in [2.45, 2.75) is 13.5 Å². The number of hydrogen-bond donors (Lipinski definition) is 0. The lowest BCUT2D eigenvalue weighted by atomic mass is 10.2. The van der Waals surface area contributed by atoms with Gasteiger partial charge in [-0.3, -0.25) is 4.68 Å². The zero-order chi connectivity index (χ0) is 12.5. The number of halogens is 1. The Kier molecular flexibility index (Phi) is 2.59. The number of benzene rings is 2. The fourth-order valence-corrected chi connectivity index (χ4v) is 2.18. The first-order valence-corrected chi connectivity index (χ1v) is 5.90. The molecule has 2 aromatic carbocycles. The molecule has 0 aliphatic rings. The van der Waals surface area contributed by atoms with Gasteiger partial charge < -0.3 is 0 Å². The predicted molar refractivity (Wildman–Crippen MR) is 70.0 cm³/mol. The SMILES string of the molecule is Cc1nn(Cc2ccc(F)cc2)c2ccccc12. The quantitative estimate of drug-likeness (QED) is 0.670. The molecule has 18 heavy (non-hydrogen) atoms. The van der Waals surface area contributed by atoms with Crippen LogP contribution in [0.4, 0.5) is 4.39 Å². The van der Waals surface area contributed by atoms with Crippen molar-refractivity contribution < 1.29 is 4.39 Å². The van der Waals surface area contributed by atoms with Crippen molar-refractivity contribution >= 4 is 10.9 Å². The summed E-state index contributed by atoms with van der Waals surface area (Å²) in [4.78, 5) is 0. The van der Waals surface area contributed by atoms with Crippen molar-refractivity contribution in [3.8, 4) is 0 Å². The zero-order valence-corrected chi connectivity index (χ0v) is 10.1. The summed E-state index contributed by atoms with van der Waals surface area (Å²) < 4.78 is 14.8. The molecular formula is C15H13FN2. The Morgan fingerprint density at radius 1 is 1.06 bits per heavy atom. The molecule has 3 rings (SSSR count). The average Bonchev–Trinajstić information content (AvgIpc) is 2.70. The molecule has 0 unspecified atom stereocenters. The van der Waals surface area contributed by atoms with Crippen molar-refractivity contribution in [3.05, 3.63) is 65.6 Å². The normalized spacial score (nSPS) is 11.0. The van der Waals surface area contributed by atoms with E-state index in [-0.39, 0.29) is 5.82 Å². The molecule has 0 N–H and O–H groups in total. The second kappa shape index (κ2) is 4.26. The smallest absolute Gasteiger partial charge is 0.123 e. The third-order valence-corrected chi connectivity index (χ3v) is 3.09. The minimum absolute atomic E-state index is 0.208. The highest BCUT2D eigenvalue weighted by Gasteiger charge is 2.06. The van der Waals surface area contributed by atoms with Gasteiger partial charge in [-0.1, -0.05) is 30.3 Å². The molecule has 1 aromatic heterocycles. The Morgan fingerprint density at radius 2 is 1.78 bits per heavy atom. The fraction of sp³-hybridized carbons (Fsp3) is 0.133. The van der Waals surface area contributed by atoms with Crippen molar-refractivity contribution in [1.29, 1.82) is 0 Å². The second-order valence-electron chi connectivity index (χ2n) is 4.39. The number of rotatable bonds is 2. The third kappa shape index (κ3) is 1.88. The van der Waals surface area contributed by atoms with Gasteiger partial charge in [-0.15, -0.1) is 0 Å². The topological polar surface area (TPSA) is 17.8 Å². The van der Waals surface area contributed by atoms with Crippen molar-refractivity contribution in [2.75, 3.05) is 0 Å². The maximum Gasteiger partial charge on any atom is 0.123 e. The maximum absolute atomic E-state index is 12.9. The van der Waals surface area contributed by atoms with Gasteiger partial charge in [0.15, 0.2) is 0 Å². The molecule has 3 aromatic rings. The monoisotopic (exact) mass is 240 g/mol. The van der Waals surface area contributed by atoms with Gasteiger partial charge in [0, 0.05) is 5.39 Å². The minimum Gasteiger partial charge on any atom is -0.260 e. The van der Waals surface area contributed by atoms with E-state index in [1.54, 1.807) is 12.1 Å². The van der Waals surface area contributed by atoms with Crippen molar-refractivity contribution in [1.82, 2.24) is 9.78 Å². The van der Waals surface area contributed by atoms with E-state index in [0.29, 0.717) is 6.54 Å². The van der Waals surface area contributed by atoms with E-state index in [4.69, 9.17) is 0 Å². The van der Waals surface area contributed by atoms with Gasteiger partial charge in [0.1, 0.15) is 5.82 Å². The first kappa shape index (κ1) is 11.0. The lowest BCUT2D eigenvalue weighted by molar-refractivity contribution is 0.625. The van der Waals surface area contributed by atoms with Crippen LogP contribution in [0.5, 0.6) is 0 Å². The van der Waals surface area contributed by atoms with E-state index in [1.165, 1.54) is 17.5 Å². The zero-order valence-electron chi connectivity index (χ0n) is 10.1. The van der Waals surface area contributed by atoms with Crippen LogP contribution < -0.4 is 0 Å². The van der Waals surface area contributed by atoms with E-state index in [9.17, 15) is 4.39 Å². The van der Waals surface area contributed by atoms with Crippen LogP contribution in [0.25, 0.3) is 10.9 Å². The van der Waals surface area contributed by atoms with Gasteiger partial charge in [-0.25, -0.2) is 4.39 Å². The number of para-hydroxylation sites is 1. The molecule has 0 spiro atoms. The standard InChI is InChI=1S/C15H13FN2/c1-11-14-4-2-3-5-15(14)18(17-11)10-12-6-8-13(16)9-7-12/h2-9H,10H2,1H3. The van der Waals surface area contributed by atoms with Crippen molar-refractivity contribution in [3.63, 3.8) is 0 Å². The summed E-state index contributed by atoms with van der Waals surface area (Å²) in [5, 5.41) is 5.70. The Hall–Kier alpha value is -2.16. The molecule has 0 fully saturated rings. The van der Waals surface area contributed by atoms with E-state index in [0.717, 1.165) is 16.8 Å². The Balaban J connectivity index is 2.02. The van der Waals surface area contributed by atoms with Crippen LogP contribution in [0, 0.1) is 12.7 Å². The molecule has 0 radical (unpaired) electrons. The third-order valence-electron chi connectivity index (χ3n) is 3.09. The van der Waals surface area contributed by atoms with Gasteiger partial charge in [0.25, 0.3) is 0 Å². The van der Waals surface area contributed by atoms with Crippen LogP contribution in [0.15, 0.2) is 48.5 Å². The lowest BCUT2D eigenvalue weighted by Crippen LogP contribution is -2.01. The molecule has 0 amide bonds. The number of fused-ring (bicyclic) bond motifs is 1. The van der Waals surface area contributed by atoms with Gasteiger partial charge in [0.2, 0.25) is 0 Å². The van der Waals surface area contributed by atoms with Gasteiger partial charge in [-0.05, 0) is 30.7 Å². The molecule has 2 nitrogen and oxygen atoms in total. The molecule has 0 atom stereocenters. The van der Waals surface area contributed by atoms with Crippen molar-refractivity contribution in [2.24, 2.45) is 0 Å². The molecule has 90 valence electrons. The van der Waals surface area contributed by atoms with E-state index >= 15 is 0 Å². The highest BCUT2D eigenvalue weighted by molar-refractivity contribution is 5.81. The Bertz CT molecular complexity index is 683. The van der Waals surface area contributed by atoms with Gasteiger partial charge >= 0.3 is 0 Å². The average molecular weight is 240 g/mol. The summed E-state index contributed by atoms with van der Waals surface area (Å²) in [7, 11) is 0. The summed E-state index contributed by atoms with van der Waals surface area (Å²) in [6.07, 6.45) is 0. The number of aromatic nitrogens is 2. The van der Waals surface area contributed by atoms with Gasteiger partial charge in [-0.2, -0.15) is 5.10 Å². The molecule has 0 bridgehead atoms. The Labute approximate surface area is 105 Å². The first-order valence-electron chi connectivity index (χ1n) is 5.90. The van der Waals surface area contributed by atoms with E-state index in [2.05, 4.69) is 17.2 Å². The summed E-state index contributed by atoms with van der Waals surface area (Å²) in [6.45, 7) is 2.66. The highest BCUT2D eigenvalue weighted by atomic mass is 19.1. The molecule has 0 aliphatic heterocycles. The molecule has 0 saturated carbocycles. The molecule has 1 heterocycles. The molecular weight excluding hydrogens is 227 g/mol. The number of nitrogens with zero attached hydrogens (tertiary/aromatic N) is 2. The van der Waals surface area contributed by atoms with Crippen LogP contribution in [-0.4, -0.2) is 9.78 Å². The maximum atomic E-state index is 12.9. The Morgan fingerprint density at radius 3 is 2.56 bits per heavy atom. The first-order chi connectivity index (χ1) is 8.74. The van der Waals surface area contributed by atoms with Crippen LogP contribution in [0.1, 0.15) is 11.3 Å². The number of hydrogen-bond acceptors (Lipinski definition) is 1. The molecule has 0 aliphatic carbocycles. The largest absolute Gasteiger partial charge is 0.260 e. The van der Waals surface area contributed by atoms with Crippen LogP contribution in [-0.2, 0) is 6.54 Å². The summed E-state index contributed by atoms with van der Waals surface area (Å²) >= 11 is 0. The molecule has 3 heteroatoms.